The molecule has 0 saturated carbocycles. The smallest absolute Gasteiger partial charge is 0.220 e. The van der Waals surface area contributed by atoms with Gasteiger partial charge in [0, 0.05) is 5.56 Å². The van der Waals surface area contributed by atoms with E-state index in [0.717, 1.165) is 12.0 Å². The number of aryl methyl sites for hydroxylation is 1. The van der Waals surface area contributed by atoms with Gasteiger partial charge in [-0.05, 0) is 12.0 Å². The first-order valence-corrected chi connectivity index (χ1v) is 4.13. The third-order valence-corrected chi connectivity index (χ3v) is 1.89. The summed E-state index contributed by atoms with van der Waals surface area (Å²) in [4.78, 5) is 11.2. The van der Waals surface area contributed by atoms with Crippen molar-refractivity contribution in [3.8, 4) is 0 Å². The molecule has 0 atom stereocenters. The zero-order valence-corrected chi connectivity index (χ0v) is 7.51. The monoisotopic (exact) mass is 178 g/mol. The molecule has 68 valence electrons. The lowest BCUT2D eigenvalue weighted by Crippen LogP contribution is -2.02. The minimum Gasteiger partial charge on any atom is -0.286 e. The van der Waals surface area contributed by atoms with Crippen LogP contribution in [0.15, 0.2) is 36.7 Å². The van der Waals surface area contributed by atoms with Crippen LogP contribution in [0.4, 0.5) is 4.39 Å². The van der Waals surface area contributed by atoms with E-state index >= 15 is 0 Å². The number of carbonyl (C=O) groups is 1. The van der Waals surface area contributed by atoms with Crippen molar-refractivity contribution in [1.82, 2.24) is 0 Å². The van der Waals surface area contributed by atoms with Crippen LogP contribution in [0.5, 0.6) is 0 Å². The molecule has 1 rings (SSSR count). The van der Waals surface area contributed by atoms with E-state index in [4.69, 9.17) is 0 Å². The Labute approximate surface area is 76.9 Å². The second-order valence-corrected chi connectivity index (χ2v) is 2.74. The Kier molecular flexibility index (Phi) is 2.96. The highest BCUT2D eigenvalue weighted by molar-refractivity contribution is 6.07. The Hall–Kier alpha value is -1.44. The zero-order chi connectivity index (χ0) is 9.84. The first kappa shape index (κ1) is 9.65. The Bertz CT molecular complexity index is 342. The SMILES string of the molecule is C=C(F)C(=O)c1ccccc1CC. The van der Waals surface area contributed by atoms with Crippen molar-refractivity contribution in [2.45, 2.75) is 13.3 Å². The van der Waals surface area contributed by atoms with E-state index in [1.165, 1.54) is 0 Å². The lowest BCUT2D eigenvalue weighted by molar-refractivity contribution is 0.100. The van der Waals surface area contributed by atoms with Crippen LogP contribution >= 0.6 is 0 Å². The van der Waals surface area contributed by atoms with E-state index in [1.54, 1.807) is 12.1 Å². The molecule has 1 aromatic rings. The van der Waals surface area contributed by atoms with E-state index in [0.29, 0.717) is 5.56 Å². The first-order chi connectivity index (χ1) is 6.16. The lowest BCUT2D eigenvalue weighted by atomic mass is 10.0. The molecule has 13 heavy (non-hydrogen) atoms. The summed E-state index contributed by atoms with van der Waals surface area (Å²) in [6.45, 7) is 4.91. The molecule has 0 aliphatic carbocycles. The van der Waals surface area contributed by atoms with Crippen molar-refractivity contribution in [2.75, 3.05) is 0 Å². The number of benzene rings is 1. The van der Waals surface area contributed by atoms with Gasteiger partial charge in [-0.15, -0.1) is 0 Å². The van der Waals surface area contributed by atoms with E-state index in [1.807, 2.05) is 19.1 Å². The van der Waals surface area contributed by atoms with Crippen molar-refractivity contribution in [2.24, 2.45) is 0 Å². The topological polar surface area (TPSA) is 17.1 Å². The number of hydrogen-bond acceptors (Lipinski definition) is 1. The van der Waals surface area contributed by atoms with Gasteiger partial charge < -0.3 is 0 Å². The summed E-state index contributed by atoms with van der Waals surface area (Å²) < 4.78 is 12.6. The number of rotatable bonds is 3. The molecule has 0 unspecified atom stereocenters. The molecule has 1 nitrogen and oxygen atoms in total. The van der Waals surface area contributed by atoms with Crippen molar-refractivity contribution in [3.63, 3.8) is 0 Å². The molecule has 1 aromatic carbocycles. The van der Waals surface area contributed by atoms with Crippen LogP contribution in [-0.4, -0.2) is 5.78 Å². The summed E-state index contributed by atoms with van der Waals surface area (Å²) in [7, 11) is 0. The second kappa shape index (κ2) is 3.99. The average molecular weight is 178 g/mol. The minimum atomic E-state index is -0.902. The molecule has 0 heterocycles. The fourth-order valence-corrected chi connectivity index (χ4v) is 1.20. The zero-order valence-electron chi connectivity index (χ0n) is 7.51. The molecule has 0 spiro atoms. The van der Waals surface area contributed by atoms with Crippen molar-refractivity contribution < 1.29 is 9.18 Å². The molecule has 0 amide bonds. The van der Waals surface area contributed by atoms with Gasteiger partial charge in [0.25, 0.3) is 0 Å². The normalized spacial score (nSPS) is 9.69. The molecule has 0 fully saturated rings. The highest BCUT2D eigenvalue weighted by atomic mass is 19.1. The van der Waals surface area contributed by atoms with Crippen LogP contribution in [0.25, 0.3) is 0 Å². The van der Waals surface area contributed by atoms with Crippen LogP contribution in [0.3, 0.4) is 0 Å². The molecule has 0 bridgehead atoms. The number of carbonyl (C=O) groups excluding carboxylic acids is 1. The molecule has 0 aliphatic heterocycles. The maximum absolute atomic E-state index is 12.6. The summed E-state index contributed by atoms with van der Waals surface area (Å²) in [6, 6.07) is 6.98. The molecule has 2 heteroatoms. The van der Waals surface area contributed by atoms with Crippen LogP contribution in [-0.2, 0) is 6.42 Å². The van der Waals surface area contributed by atoms with Gasteiger partial charge in [-0.1, -0.05) is 37.8 Å². The van der Waals surface area contributed by atoms with Gasteiger partial charge in [0.2, 0.25) is 5.78 Å². The van der Waals surface area contributed by atoms with Crippen molar-refractivity contribution >= 4 is 5.78 Å². The largest absolute Gasteiger partial charge is 0.286 e. The van der Waals surface area contributed by atoms with Gasteiger partial charge in [-0.2, -0.15) is 0 Å². The fraction of sp³-hybridized carbons (Fsp3) is 0.182. The van der Waals surface area contributed by atoms with Crippen molar-refractivity contribution in [1.29, 1.82) is 0 Å². The molecular weight excluding hydrogens is 167 g/mol. The Morgan fingerprint density at radius 2 is 2.08 bits per heavy atom. The standard InChI is InChI=1S/C11H11FO/c1-3-9-6-4-5-7-10(9)11(13)8(2)12/h4-7H,2-3H2,1H3. The lowest BCUT2D eigenvalue weighted by Gasteiger charge is -2.03. The van der Waals surface area contributed by atoms with Crippen LogP contribution in [0.1, 0.15) is 22.8 Å². The Morgan fingerprint density at radius 1 is 1.46 bits per heavy atom. The minimum absolute atomic E-state index is 0.414. The number of allylic oxidation sites excluding steroid dienone is 1. The van der Waals surface area contributed by atoms with Crippen LogP contribution in [0, 0.1) is 0 Å². The number of halogens is 1. The van der Waals surface area contributed by atoms with Gasteiger partial charge in [-0.3, -0.25) is 4.79 Å². The number of hydrogen-bond donors (Lipinski definition) is 0. The average Bonchev–Trinajstić information content (AvgIpc) is 2.16. The van der Waals surface area contributed by atoms with Gasteiger partial charge in [0.05, 0.1) is 0 Å². The van der Waals surface area contributed by atoms with Crippen LogP contribution < -0.4 is 0 Å². The highest BCUT2D eigenvalue weighted by Gasteiger charge is 2.12. The van der Waals surface area contributed by atoms with Gasteiger partial charge in [-0.25, -0.2) is 4.39 Å². The summed E-state index contributed by atoms with van der Waals surface area (Å²) in [5.41, 5.74) is 1.27. The van der Waals surface area contributed by atoms with Gasteiger partial charge in [0.15, 0.2) is 5.83 Å². The molecule has 0 aromatic heterocycles. The highest BCUT2D eigenvalue weighted by Crippen LogP contribution is 2.14. The summed E-state index contributed by atoms with van der Waals surface area (Å²) in [5, 5.41) is 0. The van der Waals surface area contributed by atoms with E-state index in [2.05, 4.69) is 6.58 Å². The fourth-order valence-electron chi connectivity index (χ4n) is 1.20. The molecule has 0 aliphatic rings. The van der Waals surface area contributed by atoms with Gasteiger partial charge in [0.1, 0.15) is 0 Å². The second-order valence-electron chi connectivity index (χ2n) is 2.74. The Morgan fingerprint density at radius 3 is 2.62 bits per heavy atom. The maximum Gasteiger partial charge on any atom is 0.220 e. The van der Waals surface area contributed by atoms with E-state index < -0.39 is 11.6 Å². The van der Waals surface area contributed by atoms with Gasteiger partial charge >= 0.3 is 0 Å². The summed E-state index contributed by atoms with van der Waals surface area (Å²) in [5.74, 6) is -1.52. The third kappa shape index (κ3) is 2.02. The molecule has 0 radical (unpaired) electrons. The molecule has 0 saturated heterocycles. The van der Waals surface area contributed by atoms with Crippen LogP contribution in [0.2, 0.25) is 0 Å². The van der Waals surface area contributed by atoms with E-state index in [9.17, 15) is 9.18 Å². The predicted octanol–water partition coefficient (Wildman–Crippen LogP) is 2.91. The summed E-state index contributed by atoms with van der Waals surface area (Å²) in [6.07, 6.45) is 0.717. The number of Topliss-reactive ketones (excluding diaryl/α,β-unsaturated/α-hetero) is 1. The Balaban J connectivity index is 3.13. The van der Waals surface area contributed by atoms with Crippen molar-refractivity contribution in [3.05, 3.63) is 47.8 Å². The molecule has 0 N–H and O–H groups in total. The maximum atomic E-state index is 12.6. The predicted molar refractivity (Wildman–Crippen MR) is 50.4 cm³/mol. The van der Waals surface area contributed by atoms with E-state index in [-0.39, 0.29) is 0 Å². The first-order valence-electron chi connectivity index (χ1n) is 4.13. The molecular formula is C11H11FO. The number of ketones is 1. The summed E-state index contributed by atoms with van der Waals surface area (Å²) >= 11 is 0. The quantitative estimate of drug-likeness (QED) is 0.513. The third-order valence-electron chi connectivity index (χ3n) is 1.89.